The van der Waals surface area contributed by atoms with Gasteiger partial charge in [-0.05, 0) is 58.8 Å². The van der Waals surface area contributed by atoms with Gasteiger partial charge < -0.3 is 9.30 Å². The molecule has 0 amide bonds. The van der Waals surface area contributed by atoms with Crippen molar-refractivity contribution in [2.75, 3.05) is 0 Å². The van der Waals surface area contributed by atoms with Crippen LogP contribution in [0.4, 0.5) is 13.2 Å². The molecule has 5 aromatic rings. The van der Waals surface area contributed by atoms with Gasteiger partial charge in [0.2, 0.25) is 0 Å². The first-order valence-electron chi connectivity index (χ1n) is 9.78. The van der Waals surface area contributed by atoms with Crippen LogP contribution in [-0.4, -0.2) is 25.5 Å². The van der Waals surface area contributed by atoms with Gasteiger partial charge in [0.1, 0.15) is 5.75 Å². The SMILES string of the molecule is Cn1cnc2c(=O)n(-c3ccc(OC(F)(F)F)cc3)c(SCc3csc4ccc(Cl)cc34)nc21. The van der Waals surface area contributed by atoms with E-state index in [4.69, 9.17) is 11.6 Å². The predicted octanol–water partition coefficient (Wildman–Crippen LogP) is 6.18. The Morgan fingerprint density at radius 1 is 1.18 bits per heavy atom. The number of nitrogens with zero attached hydrogens (tertiary/aromatic N) is 4. The lowest BCUT2D eigenvalue weighted by molar-refractivity contribution is -0.274. The van der Waals surface area contributed by atoms with Gasteiger partial charge in [0.05, 0.1) is 12.0 Å². The minimum Gasteiger partial charge on any atom is -0.406 e. The van der Waals surface area contributed by atoms with Crippen LogP contribution in [0.15, 0.2) is 64.1 Å². The maximum Gasteiger partial charge on any atom is 0.573 e. The summed E-state index contributed by atoms with van der Waals surface area (Å²) in [5, 5.41) is 4.06. The van der Waals surface area contributed by atoms with Crippen molar-refractivity contribution in [3.63, 3.8) is 0 Å². The van der Waals surface area contributed by atoms with Crippen LogP contribution in [0.1, 0.15) is 5.56 Å². The van der Waals surface area contributed by atoms with Gasteiger partial charge in [-0.1, -0.05) is 23.4 Å². The molecule has 12 heteroatoms. The zero-order chi connectivity index (χ0) is 24.0. The molecule has 0 bridgehead atoms. The van der Waals surface area contributed by atoms with Crippen molar-refractivity contribution >= 4 is 55.9 Å². The van der Waals surface area contributed by atoms with Crippen LogP contribution in [0.25, 0.3) is 26.9 Å². The summed E-state index contributed by atoms with van der Waals surface area (Å²) in [6.45, 7) is 0. The van der Waals surface area contributed by atoms with Crippen LogP contribution in [0, 0.1) is 0 Å². The molecule has 0 atom stereocenters. The fourth-order valence-electron chi connectivity index (χ4n) is 3.47. The highest BCUT2D eigenvalue weighted by Gasteiger charge is 2.31. The first-order chi connectivity index (χ1) is 16.2. The largest absolute Gasteiger partial charge is 0.573 e. The van der Waals surface area contributed by atoms with Crippen LogP contribution in [0.2, 0.25) is 5.02 Å². The summed E-state index contributed by atoms with van der Waals surface area (Å²) in [5.41, 5.74) is 1.54. The van der Waals surface area contributed by atoms with Crippen molar-refractivity contribution in [3.8, 4) is 11.4 Å². The lowest BCUT2D eigenvalue weighted by Gasteiger charge is -2.13. The molecule has 174 valence electrons. The van der Waals surface area contributed by atoms with Gasteiger partial charge >= 0.3 is 6.36 Å². The number of halogens is 4. The van der Waals surface area contributed by atoms with Gasteiger partial charge in [-0.2, -0.15) is 0 Å². The third-order valence-electron chi connectivity index (χ3n) is 5.01. The van der Waals surface area contributed by atoms with Crippen molar-refractivity contribution < 1.29 is 17.9 Å². The molecule has 5 rings (SSSR count). The molecule has 6 nitrogen and oxygen atoms in total. The van der Waals surface area contributed by atoms with Crippen LogP contribution in [0.3, 0.4) is 0 Å². The zero-order valence-corrected chi connectivity index (χ0v) is 19.7. The van der Waals surface area contributed by atoms with E-state index < -0.39 is 11.9 Å². The van der Waals surface area contributed by atoms with E-state index in [1.54, 1.807) is 23.0 Å². The van der Waals surface area contributed by atoms with Crippen molar-refractivity contribution in [1.82, 2.24) is 19.1 Å². The molecule has 0 saturated heterocycles. The first-order valence-corrected chi connectivity index (χ1v) is 12.0. The molecular formula is C22H14ClF3N4O2S2. The molecule has 34 heavy (non-hydrogen) atoms. The van der Waals surface area contributed by atoms with E-state index in [1.807, 2.05) is 23.6 Å². The fourth-order valence-corrected chi connectivity index (χ4v) is 5.68. The summed E-state index contributed by atoms with van der Waals surface area (Å²) in [5.74, 6) is 0.123. The van der Waals surface area contributed by atoms with E-state index in [0.29, 0.717) is 27.3 Å². The third kappa shape index (κ3) is 4.38. The molecule has 0 unspecified atom stereocenters. The van der Waals surface area contributed by atoms with E-state index in [2.05, 4.69) is 14.7 Å². The number of aryl methyl sites for hydroxylation is 1. The number of benzene rings is 2. The highest BCUT2D eigenvalue weighted by atomic mass is 35.5. The monoisotopic (exact) mass is 522 g/mol. The lowest BCUT2D eigenvalue weighted by atomic mass is 10.2. The molecular weight excluding hydrogens is 509 g/mol. The number of alkyl halides is 3. The quantitative estimate of drug-likeness (QED) is 0.204. The second kappa shape index (κ2) is 8.64. The number of imidazole rings is 1. The van der Waals surface area contributed by atoms with E-state index in [1.165, 1.54) is 34.8 Å². The number of thioether (sulfide) groups is 1. The lowest BCUT2D eigenvalue weighted by Crippen LogP contribution is -2.22. The summed E-state index contributed by atoms with van der Waals surface area (Å²) in [6, 6.07) is 10.7. The Hall–Kier alpha value is -3.02. The van der Waals surface area contributed by atoms with E-state index in [0.717, 1.165) is 27.8 Å². The average Bonchev–Trinajstić information content (AvgIpc) is 3.35. The topological polar surface area (TPSA) is 61.9 Å². The molecule has 3 heterocycles. The Morgan fingerprint density at radius 3 is 2.68 bits per heavy atom. The van der Waals surface area contributed by atoms with E-state index >= 15 is 0 Å². The highest BCUT2D eigenvalue weighted by Crippen LogP contribution is 2.33. The molecule has 0 aliphatic heterocycles. The maximum atomic E-state index is 13.3. The van der Waals surface area contributed by atoms with E-state index in [-0.39, 0.29) is 11.3 Å². The Labute approximate surface area is 203 Å². The van der Waals surface area contributed by atoms with Crippen molar-refractivity contribution in [2.45, 2.75) is 17.3 Å². The number of hydrogen-bond acceptors (Lipinski definition) is 6. The first kappa shape index (κ1) is 22.8. The summed E-state index contributed by atoms with van der Waals surface area (Å²) in [6.07, 6.45) is -3.31. The van der Waals surface area contributed by atoms with Crippen LogP contribution in [-0.2, 0) is 12.8 Å². The Kier molecular flexibility index (Phi) is 5.78. The summed E-state index contributed by atoms with van der Waals surface area (Å²) in [7, 11) is 1.73. The molecule has 2 aromatic carbocycles. The van der Waals surface area contributed by atoms with Crippen LogP contribution in [0.5, 0.6) is 5.75 Å². The van der Waals surface area contributed by atoms with Gasteiger partial charge in [-0.25, -0.2) is 9.97 Å². The number of rotatable bonds is 5. The number of thiophene rings is 1. The smallest absolute Gasteiger partial charge is 0.406 e. The zero-order valence-electron chi connectivity index (χ0n) is 17.3. The average molecular weight is 523 g/mol. The predicted molar refractivity (Wildman–Crippen MR) is 127 cm³/mol. The Morgan fingerprint density at radius 2 is 1.94 bits per heavy atom. The Bertz CT molecular complexity index is 1580. The normalized spacial score (nSPS) is 12.0. The molecule has 3 aromatic heterocycles. The molecule has 0 aliphatic rings. The van der Waals surface area contributed by atoms with Gasteiger partial charge in [0.25, 0.3) is 5.56 Å². The van der Waals surface area contributed by atoms with Gasteiger partial charge in [0, 0.05) is 22.5 Å². The second-order valence-electron chi connectivity index (χ2n) is 7.29. The molecule has 0 radical (unpaired) electrons. The number of aromatic nitrogens is 4. The van der Waals surface area contributed by atoms with Gasteiger partial charge in [-0.3, -0.25) is 9.36 Å². The number of ether oxygens (including phenoxy) is 1. The standard InChI is InChI=1S/C22H14ClF3N4O2S2/c1-29-11-27-18-19(29)28-21(34-10-12-9-33-17-7-2-13(23)8-16(12)17)30(20(18)31)14-3-5-15(6-4-14)32-22(24,25)26/h2-9,11H,10H2,1H3. The van der Waals surface area contributed by atoms with Gasteiger partial charge in [-0.15, -0.1) is 24.5 Å². The highest BCUT2D eigenvalue weighted by molar-refractivity contribution is 7.98. The molecule has 0 fully saturated rings. The van der Waals surface area contributed by atoms with Gasteiger partial charge in [0.15, 0.2) is 16.3 Å². The summed E-state index contributed by atoms with van der Waals surface area (Å²) < 4.78 is 45.6. The third-order valence-corrected chi connectivity index (χ3v) is 7.24. The minimum absolute atomic E-state index is 0.162. The van der Waals surface area contributed by atoms with Crippen LogP contribution >= 0.6 is 34.7 Å². The molecule has 0 saturated carbocycles. The number of fused-ring (bicyclic) bond motifs is 2. The minimum atomic E-state index is -4.81. The van der Waals surface area contributed by atoms with Crippen molar-refractivity contribution in [3.05, 3.63) is 75.1 Å². The summed E-state index contributed by atoms with van der Waals surface area (Å²) in [4.78, 5) is 22.1. The van der Waals surface area contributed by atoms with Crippen LogP contribution < -0.4 is 10.3 Å². The molecule has 0 N–H and O–H groups in total. The molecule has 0 aliphatic carbocycles. The van der Waals surface area contributed by atoms with Crippen molar-refractivity contribution in [1.29, 1.82) is 0 Å². The summed E-state index contributed by atoms with van der Waals surface area (Å²) >= 11 is 9.10. The second-order valence-corrected chi connectivity index (χ2v) is 9.58. The maximum absolute atomic E-state index is 13.3. The molecule has 0 spiro atoms. The Balaban J connectivity index is 1.56. The van der Waals surface area contributed by atoms with E-state index in [9.17, 15) is 18.0 Å². The van der Waals surface area contributed by atoms with Crippen molar-refractivity contribution in [2.24, 2.45) is 7.05 Å². The fraction of sp³-hybridized carbons (Fsp3) is 0.136. The number of hydrogen-bond donors (Lipinski definition) is 0.